The first kappa shape index (κ1) is 15.2. The first-order valence-corrected chi connectivity index (χ1v) is 6.80. The number of carbonyl (C=O) groups is 1. The summed E-state index contributed by atoms with van der Waals surface area (Å²) in [4.78, 5) is 12.2. The molecule has 0 saturated carbocycles. The quantitative estimate of drug-likeness (QED) is 0.857. The maximum Gasteiger partial charge on any atom is 0.259 e. The first-order chi connectivity index (χ1) is 10.2. The molecule has 1 aromatic carbocycles. The van der Waals surface area contributed by atoms with Gasteiger partial charge in [-0.3, -0.25) is 4.79 Å². The van der Waals surface area contributed by atoms with E-state index in [1.807, 2.05) is 6.92 Å². The third-order valence-electron chi connectivity index (χ3n) is 2.84. The summed E-state index contributed by atoms with van der Waals surface area (Å²) in [5.74, 6) is 5.65. The van der Waals surface area contributed by atoms with E-state index in [9.17, 15) is 4.79 Å². The first-order valence-electron chi connectivity index (χ1n) is 6.42. The zero-order valence-electron chi connectivity index (χ0n) is 11.4. The molecular formula is C16H14ClNO3. The van der Waals surface area contributed by atoms with Gasteiger partial charge < -0.3 is 14.8 Å². The Bertz CT molecular complexity index is 710. The third kappa shape index (κ3) is 3.66. The fraction of sp³-hybridized carbons (Fsp3) is 0.188. The predicted molar refractivity (Wildman–Crippen MR) is 81.5 cm³/mol. The van der Waals surface area contributed by atoms with Crippen LogP contribution >= 0.6 is 11.6 Å². The Balaban J connectivity index is 2.24. The molecule has 0 spiro atoms. The molecule has 0 unspecified atom stereocenters. The largest absolute Gasteiger partial charge is 0.469 e. The van der Waals surface area contributed by atoms with Crippen molar-refractivity contribution in [3.8, 4) is 11.8 Å². The number of halogens is 1. The van der Waals surface area contributed by atoms with Crippen molar-refractivity contribution in [1.82, 2.24) is 0 Å². The van der Waals surface area contributed by atoms with Gasteiger partial charge in [-0.05, 0) is 24.3 Å². The van der Waals surface area contributed by atoms with E-state index in [2.05, 4.69) is 17.2 Å². The second-order valence-electron chi connectivity index (χ2n) is 4.22. The van der Waals surface area contributed by atoms with Crippen LogP contribution in [0.5, 0.6) is 0 Å². The van der Waals surface area contributed by atoms with Crippen molar-refractivity contribution in [3.05, 3.63) is 52.4 Å². The van der Waals surface area contributed by atoms with Crippen molar-refractivity contribution in [2.24, 2.45) is 0 Å². The molecule has 0 saturated heterocycles. The molecule has 0 atom stereocenters. The summed E-state index contributed by atoms with van der Waals surface area (Å²) >= 11 is 6.07. The van der Waals surface area contributed by atoms with Crippen molar-refractivity contribution >= 4 is 23.2 Å². The SMILES string of the molecule is CCc1occc1C(=O)Nc1cc(C#CCO)ccc1Cl. The van der Waals surface area contributed by atoms with Gasteiger partial charge in [-0.1, -0.05) is 30.4 Å². The van der Waals surface area contributed by atoms with E-state index in [4.69, 9.17) is 21.1 Å². The highest BCUT2D eigenvalue weighted by Gasteiger charge is 2.14. The number of hydrogen-bond acceptors (Lipinski definition) is 3. The maximum atomic E-state index is 12.2. The Morgan fingerprint density at radius 2 is 2.24 bits per heavy atom. The molecule has 0 aliphatic rings. The molecule has 0 radical (unpaired) electrons. The molecule has 1 heterocycles. The molecule has 108 valence electrons. The average Bonchev–Trinajstić information content (AvgIpc) is 2.96. The molecule has 0 aliphatic carbocycles. The molecule has 21 heavy (non-hydrogen) atoms. The van der Waals surface area contributed by atoms with Crippen LogP contribution in [0.2, 0.25) is 5.02 Å². The maximum absolute atomic E-state index is 12.2. The molecule has 2 rings (SSSR count). The number of aliphatic hydroxyl groups excluding tert-OH is 1. The van der Waals surface area contributed by atoms with Crippen LogP contribution in [0.25, 0.3) is 0 Å². The number of anilines is 1. The number of rotatable bonds is 3. The lowest BCUT2D eigenvalue weighted by Gasteiger charge is -2.07. The summed E-state index contributed by atoms with van der Waals surface area (Å²) < 4.78 is 5.24. The molecule has 1 aromatic heterocycles. The zero-order chi connectivity index (χ0) is 15.2. The van der Waals surface area contributed by atoms with E-state index < -0.39 is 0 Å². The lowest BCUT2D eigenvalue weighted by molar-refractivity contribution is 0.102. The zero-order valence-corrected chi connectivity index (χ0v) is 12.2. The fourth-order valence-corrected chi connectivity index (χ4v) is 2.01. The van der Waals surface area contributed by atoms with Gasteiger partial charge in [0.15, 0.2) is 0 Å². The molecule has 4 nitrogen and oxygen atoms in total. The van der Waals surface area contributed by atoms with Crippen LogP contribution in [0.15, 0.2) is 34.9 Å². The van der Waals surface area contributed by atoms with E-state index in [-0.39, 0.29) is 12.5 Å². The Morgan fingerprint density at radius 1 is 1.43 bits per heavy atom. The highest BCUT2D eigenvalue weighted by molar-refractivity contribution is 6.34. The highest BCUT2D eigenvalue weighted by Crippen LogP contribution is 2.24. The standard InChI is InChI=1S/C16H14ClNO3/c1-2-15-12(7-9-21-15)16(20)18-14-10-11(4-3-8-19)5-6-13(14)17/h5-7,9-10,19H,2,8H2,1H3,(H,18,20). The minimum absolute atomic E-state index is 0.223. The van der Waals surface area contributed by atoms with Gasteiger partial charge in [0.25, 0.3) is 5.91 Å². The van der Waals surface area contributed by atoms with Crippen LogP contribution in [-0.4, -0.2) is 17.6 Å². The van der Waals surface area contributed by atoms with E-state index in [0.717, 1.165) is 0 Å². The molecule has 2 aromatic rings. The molecular weight excluding hydrogens is 290 g/mol. The van der Waals surface area contributed by atoms with Crippen molar-refractivity contribution < 1.29 is 14.3 Å². The molecule has 1 amide bonds. The molecule has 0 aliphatic heterocycles. The number of aliphatic hydroxyl groups is 1. The van der Waals surface area contributed by atoms with Gasteiger partial charge in [-0.25, -0.2) is 0 Å². The number of amides is 1. The number of nitrogens with one attached hydrogen (secondary N) is 1. The van der Waals surface area contributed by atoms with Gasteiger partial charge in [0.05, 0.1) is 22.5 Å². The number of carbonyl (C=O) groups excluding carboxylic acids is 1. The second kappa shape index (κ2) is 6.98. The van der Waals surface area contributed by atoms with Gasteiger partial charge in [-0.15, -0.1) is 0 Å². The topological polar surface area (TPSA) is 62.5 Å². The minimum Gasteiger partial charge on any atom is -0.469 e. The molecule has 2 N–H and O–H groups in total. The van der Waals surface area contributed by atoms with Gasteiger partial charge in [0.2, 0.25) is 0 Å². The lowest BCUT2D eigenvalue weighted by Crippen LogP contribution is -2.13. The summed E-state index contributed by atoms with van der Waals surface area (Å²) in [6.45, 7) is 1.69. The Kier molecular flexibility index (Phi) is 5.04. The van der Waals surface area contributed by atoms with E-state index >= 15 is 0 Å². The lowest BCUT2D eigenvalue weighted by atomic mass is 10.1. The summed E-state index contributed by atoms with van der Waals surface area (Å²) in [6, 6.07) is 6.65. The average molecular weight is 304 g/mol. The van der Waals surface area contributed by atoms with Crippen LogP contribution in [0, 0.1) is 11.8 Å². The minimum atomic E-state index is -0.283. The molecule has 0 fully saturated rings. The van der Waals surface area contributed by atoms with Crippen LogP contribution in [0.1, 0.15) is 28.6 Å². The number of furan rings is 1. The Hall–Kier alpha value is -2.22. The summed E-state index contributed by atoms with van der Waals surface area (Å²) in [7, 11) is 0. The van der Waals surface area contributed by atoms with Gasteiger partial charge >= 0.3 is 0 Å². The van der Waals surface area contributed by atoms with E-state index in [1.54, 1.807) is 24.3 Å². The number of hydrogen-bond donors (Lipinski definition) is 2. The Labute approximate surface area is 127 Å². The Morgan fingerprint density at radius 3 is 2.95 bits per heavy atom. The molecule has 0 bridgehead atoms. The summed E-state index contributed by atoms with van der Waals surface area (Å²) in [6.07, 6.45) is 2.12. The van der Waals surface area contributed by atoms with Crippen molar-refractivity contribution in [3.63, 3.8) is 0 Å². The predicted octanol–water partition coefficient (Wildman–Crippen LogP) is 3.09. The van der Waals surface area contributed by atoms with Gasteiger partial charge in [0, 0.05) is 12.0 Å². The summed E-state index contributed by atoms with van der Waals surface area (Å²) in [5.41, 5.74) is 1.61. The summed E-state index contributed by atoms with van der Waals surface area (Å²) in [5, 5.41) is 11.9. The molecule has 5 heteroatoms. The van der Waals surface area contributed by atoms with Crippen LogP contribution in [-0.2, 0) is 6.42 Å². The van der Waals surface area contributed by atoms with E-state index in [0.29, 0.717) is 34.0 Å². The third-order valence-corrected chi connectivity index (χ3v) is 3.17. The number of benzene rings is 1. The second-order valence-corrected chi connectivity index (χ2v) is 4.63. The van der Waals surface area contributed by atoms with Crippen molar-refractivity contribution in [2.75, 3.05) is 11.9 Å². The van der Waals surface area contributed by atoms with Crippen LogP contribution in [0.3, 0.4) is 0 Å². The van der Waals surface area contributed by atoms with Crippen molar-refractivity contribution in [2.45, 2.75) is 13.3 Å². The monoisotopic (exact) mass is 303 g/mol. The van der Waals surface area contributed by atoms with Crippen LogP contribution in [0.4, 0.5) is 5.69 Å². The van der Waals surface area contributed by atoms with Crippen molar-refractivity contribution in [1.29, 1.82) is 0 Å². The highest BCUT2D eigenvalue weighted by atomic mass is 35.5. The smallest absolute Gasteiger partial charge is 0.259 e. The number of aryl methyl sites for hydroxylation is 1. The van der Waals surface area contributed by atoms with Crippen LogP contribution < -0.4 is 5.32 Å². The van der Waals surface area contributed by atoms with E-state index in [1.165, 1.54) is 6.26 Å². The normalized spacial score (nSPS) is 9.86. The van der Waals surface area contributed by atoms with Gasteiger partial charge in [0.1, 0.15) is 12.4 Å². The van der Waals surface area contributed by atoms with Gasteiger partial charge in [-0.2, -0.15) is 0 Å². The fourth-order valence-electron chi connectivity index (χ4n) is 1.85.